The van der Waals surface area contributed by atoms with Crippen LogP contribution < -0.4 is 0 Å². The Balaban J connectivity index is 2.14. The summed E-state index contributed by atoms with van der Waals surface area (Å²) in [5.41, 5.74) is 1.77. The first-order chi connectivity index (χ1) is 8.70. The molecule has 0 saturated carbocycles. The topological polar surface area (TPSA) is 40.5 Å². The number of rotatable bonds is 4. The van der Waals surface area contributed by atoms with Crippen LogP contribution in [0.4, 0.5) is 0 Å². The molecular weight excluding hydrogens is 224 g/mol. The summed E-state index contributed by atoms with van der Waals surface area (Å²) in [7, 11) is 0. The highest BCUT2D eigenvalue weighted by Gasteiger charge is 2.25. The van der Waals surface area contributed by atoms with Crippen LogP contribution in [0.15, 0.2) is 60.7 Å². The fourth-order valence-corrected chi connectivity index (χ4v) is 2.07. The highest BCUT2D eigenvalue weighted by atomic mass is 16.3. The summed E-state index contributed by atoms with van der Waals surface area (Å²) in [6.07, 6.45) is -1.67. The maximum atomic E-state index is 10.2. The van der Waals surface area contributed by atoms with Gasteiger partial charge < -0.3 is 10.2 Å². The summed E-state index contributed by atoms with van der Waals surface area (Å²) >= 11 is 0. The molecule has 0 saturated heterocycles. The van der Waals surface area contributed by atoms with Crippen molar-refractivity contribution in [2.75, 3.05) is 0 Å². The van der Waals surface area contributed by atoms with Crippen molar-refractivity contribution in [3.8, 4) is 0 Å². The zero-order chi connectivity index (χ0) is 13.0. The second kappa shape index (κ2) is 5.80. The lowest BCUT2D eigenvalue weighted by Crippen LogP contribution is -2.24. The van der Waals surface area contributed by atoms with Gasteiger partial charge in [0.15, 0.2) is 0 Å². The van der Waals surface area contributed by atoms with Gasteiger partial charge in [-0.25, -0.2) is 0 Å². The van der Waals surface area contributed by atoms with Gasteiger partial charge in [0, 0.05) is 5.92 Å². The first-order valence-corrected chi connectivity index (χ1v) is 6.16. The molecule has 2 aromatic carbocycles. The molecule has 2 aromatic rings. The second-order valence-electron chi connectivity index (χ2n) is 4.55. The summed E-state index contributed by atoms with van der Waals surface area (Å²) in [6, 6.07) is 19.0. The maximum Gasteiger partial charge on any atom is 0.105 e. The number of aliphatic hydroxyl groups is 2. The minimum atomic E-state index is -0.860. The lowest BCUT2D eigenvalue weighted by Gasteiger charge is -2.24. The zero-order valence-corrected chi connectivity index (χ0v) is 10.4. The molecule has 94 valence electrons. The van der Waals surface area contributed by atoms with Crippen molar-refractivity contribution < 1.29 is 10.2 Å². The molecule has 0 aliphatic heterocycles. The summed E-state index contributed by atoms with van der Waals surface area (Å²) in [5, 5.41) is 20.4. The Morgan fingerprint density at radius 1 is 0.722 bits per heavy atom. The predicted octanol–water partition coefficient (Wildman–Crippen LogP) is 2.88. The largest absolute Gasteiger partial charge is 0.389 e. The molecule has 0 heterocycles. The summed E-state index contributed by atoms with van der Waals surface area (Å²) in [4.78, 5) is 0. The molecule has 18 heavy (non-hydrogen) atoms. The Morgan fingerprint density at radius 2 is 1.17 bits per heavy atom. The zero-order valence-electron chi connectivity index (χ0n) is 10.4. The SMILES string of the molecule is C[C@H](c1ccccc1)[C@@H](O)[C@@H](O)c1ccccc1. The third kappa shape index (κ3) is 2.78. The Bertz CT molecular complexity index is 421. The molecule has 2 N–H and O–H groups in total. The van der Waals surface area contributed by atoms with Crippen molar-refractivity contribution in [2.45, 2.75) is 25.0 Å². The van der Waals surface area contributed by atoms with Crippen LogP contribution in [0.3, 0.4) is 0 Å². The van der Waals surface area contributed by atoms with E-state index in [1.807, 2.05) is 67.6 Å². The monoisotopic (exact) mass is 242 g/mol. The van der Waals surface area contributed by atoms with E-state index in [-0.39, 0.29) is 5.92 Å². The average Bonchev–Trinajstić information content (AvgIpc) is 2.47. The van der Waals surface area contributed by atoms with Crippen LogP contribution in [-0.4, -0.2) is 16.3 Å². The van der Waals surface area contributed by atoms with Crippen LogP contribution in [0, 0.1) is 0 Å². The van der Waals surface area contributed by atoms with Gasteiger partial charge in [-0.3, -0.25) is 0 Å². The van der Waals surface area contributed by atoms with Crippen LogP contribution in [0.5, 0.6) is 0 Å². The average molecular weight is 242 g/mol. The summed E-state index contributed by atoms with van der Waals surface area (Å²) < 4.78 is 0. The standard InChI is InChI=1S/C16H18O2/c1-12(13-8-4-2-5-9-13)15(17)16(18)14-10-6-3-7-11-14/h2-12,15-18H,1H3/t12-,15-,16+/m1/s1. The van der Waals surface area contributed by atoms with Gasteiger partial charge in [-0.15, -0.1) is 0 Å². The second-order valence-corrected chi connectivity index (χ2v) is 4.55. The summed E-state index contributed by atoms with van der Waals surface area (Å²) in [6.45, 7) is 1.92. The Hall–Kier alpha value is -1.64. The van der Waals surface area contributed by atoms with Crippen molar-refractivity contribution >= 4 is 0 Å². The molecule has 0 fully saturated rings. The number of hydrogen-bond donors (Lipinski definition) is 2. The molecule has 2 rings (SSSR count). The number of benzene rings is 2. The lowest BCUT2D eigenvalue weighted by molar-refractivity contribution is 0.00462. The first kappa shape index (κ1) is 12.8. The molecule has 0 amide bonds. The van der Waals surface area contributed by atoms with E-state index < -0.39 is 12.2 Å². The fraction of sp³-hybridized carbons (Fsp3) is 0.250. The molecule has 3 atom stereocenters. The van der Waals surface area contributed by atoms with Gasteiger partial charge in [-0.2, -0.15) is 0 Å². The van der Waals surface area contributed by atoms with Crippen LogP contribution >= 0.6 is 0 Å². The van der Waals surface area contributed by atoms with Gasteiger partial charge in [0.25, 0.3) is 0 Å². The van der Waals surface area contributed by atoms with Gasteiger partial charge in [-0.05, 0) is 11.1 Å². The number of aliphatic hydroxyl groups excluding tert-OH is 2. The predicted molar refractivity (Wildman–Crippen MR) is 72.3 cm³/mol. The third-order valence-corrected chi connectivity index (χ3v) is 3.30. The van der Waals surface area contributed by atoms with E-state index in [9.17, 15) is 10.2 Å². The molecule has 0 unspecified atom stereocenters. The minimum absolute atomic E-state index is 0.110. The normalized spacial score (nSPS) is 15.9. The quantitative estimate of drug-likeness (QED) is 0.865. The van der Waals surface area contributed by atoms with Gasteiger partial charge >= 0.3 is 0 Å². The Labute approximate surface area is 108 Å². The van der Waals surface area contributed by atoms with E-state index in [1.54, 1.807) is 0 Å². The van der Waals surface area contributed by atoms with E-state index in [2.05, 4.69) is 0 Å². The molecule has 0 spiro atoms. The summed E-state index contributed by atoms with van der Waals surface area (Å²) in [5.74, 6) is -0.110. The minimum Gasteiger partial charge on any atom is -0.389 e. The molecule has 2 heteroatoms. The van der Waals surface area contributed by atoms with Crippen LogP contribution in [0.1, 0.15) is 30.1 Å². The van der Waals surface area contributed by atoms with Gasteiger partial charge in [0.05, 0.1) is 6.10 Å². The number of hydrogen-bond acceptors (Lipinski definition) is 2. The molecular formula is C16H18O2. The van der Waals surface area contributed by atoms with Crippen molar-refractivity contribution in [3.63, 3.8) is 0 Å². The van der Waals surface area contributed by atoms with Gasteiger partial charge in [0.1, 0.15) is 6.10 Å². The Morgan fingerprint density at radius 3 is 1.67 bits per heavy atom. The van der Waals surface area contributed by atoms with E-state index in [0.717, 1.165) is 11.1 Å². The molecule has 2 nitrogen and oxygen atoms in total. The molecule has 0 radical (unpaired) electrons. The molecule has 0 aliphatic carbocycles. The molecule has 0 aromatic heterocycles. The lowest BCUT2D eigenvalue weighted by atomic mass is 9.89. The third-order valence-electron chi connectivity index (χ3n) is 3.30. The van der Waals surface area contributed by atoms with E-state index >= 15 is 0 Å². The Kier molecular flexibility index (Phi) is 4.13. The van der Waals surface area contributed by atoms with Gasteiger partial charge in [0.2, 0.25) is 0 Å². The van der Waals surface area contributed by atoms with Crippen molar-refractivity contribution in [1.29, 1.82) is 0 Å². The van der Waals surface area contributed by atoms with Crippen molar-refractivity contribution in [1.82, 2.24) is 0 Å². The first-order valence-electron chi connectivity index (χ1n) is 6.16. The van der Waals surface area contributed by atoms with Crippen molar-refractivity contribution in [3.05, 3.63) is 71.8 Å². The van der Waals surface area contributed by atoms with Crippen LogP contribution in [0.2, 0.25) is 0 Å². The van der Waals surface area contributed by atoms with E-state index in [1.165, 1.54) is 0 Å². The van der Waals surface area contributed by atoms with Crippen LogP contribution in [0.25, 0.3) is 0 Å². The fourth-order valence-electron chi connectivity index (χ4n) is 2.07. The van der Waals surface area contributed by atoms with E-state index in [0.29, 0.717) is 0 Å². The smallest absolute Gasteiger partial charge is 0.105 e. The highest BCUT2D eigenvalue weighted by Crippen LogP contribution is 2.28. The van der Waals surface area contributed by atoms with Crippen molar-refractivity contribution in [2.24, 2.45) is 0 Å². The van der Waals surface area contributed by atoms with Crippen LogP contribution in [-0.2, 0) is 0 Å². The van der Waals surface area contributed by atoms with E-state index in [4.69, 9.17) is 0 Å². The molecule has 0 bridgehead atoms. The highest BCUT2D eigenvalue weighted by molar-refractivity contribution is 5.23. The van der Waals surface area contributed by atoms with Gasteiger partial charge in [-0.1, -0.05) is 67.6 Å². The maximum absolute atomic E-state index is 10.2. The molecule has 0 aliphatic rings.